The van der Waals surface area contributed by atoms with Gasteiger partial charge in [0.05, 0.1) is 24.6 Å². The van der Waals surface area contributed by atoms with Gasteiger partial charge in [-0.1, -0.05) is 68.1 Å². The summed E-state index contributed by atoms with van der Waals surface area (Å²) in [6, 6.07) is 25.8. The number of hydrogen-bond donors (Lipinski definition) is 4. The first-order valence-corrected chi connectivity index (χ1v) is 21.4. The third-order valence-electron chi connectivity index (χ3n) is 7.92. The number of carbonyl (C=O) groups excluding carboxylic acids is 1. The number of ether oxygens (including phenoxy) is 2. The van der Waals surface area contributed by atoms with Gasteiger partial charge in [0.1, 0.15) is 30.8 Å². The minimum atomic E-state index is -3.28. The van der Waals surface area contributed by atoms with E-state index in [1.165, 1.54) is 19.2 Å². The summed E-state index contributed by atoms with van der Waals surface area (Å²) in [7, 11) is -3.28. The van der Waals surface area contributed by atoms with Crippen LogP contribution in [0.25, 0.3) is 11.1 Å². The molecule has 1 heterocycles. The van der Waals surface area contributed by atoms with Gasteiger partial charge in [0.2, 0.25) is 5.91 Å². The van der Waals surface area contributed by atoms with Gasteiger partial charge in [-0.25, -0.2) is 0 Å². The Morgan fingerprint density at radius 2 is 1.24 bits per heavy atom. The van der Waals surface area contributed by atoms with Gasteiger partial charge in [0, 0.05) is 24.2 Å². The van der Waals surface area contributed by atoms with Gasteiger partial charge < -0.3 is 30.1 Å². The zero-order chi connectivity index (χ0) is 44.3. The fraction of sp³-hybridized carbons (Fsp3) is 0.500. The maximum absolute atomic E-state index is 10.6. The molecule has 0 aliphatic carbocycles. The number of carbonyl (C=O) groups is 1. The van der Waals surface area contributed by atoms with Crippen LogP contribution in [0.2, 0.25) is 0 Å². The molecule has 3 aromatic rings. The van der Waals surface area contributed by atoms with Gasteiger partial charge in [-0.05, 0) is 134 Å². The first-order chi connectivity index (χ1) is 26.8. The second-order valence-electron chi connectivity index (χ2n) is 16.9. The Morgan fingerprint density at radius 1 is 0.793 bits per heavy atom. The zero-order valence-corrected chi connectivity index (χ0v) is 37.7. The van der Waals surface area contributed by atoms with Crippen molar-refractivity contribution in [3.8, 4) is 11.5 Å². The Bertz CT molecular complexity index is 1730. The van der Waals surface area contributed by atoms with Crippen LogP contribution in [0.15, 0.2) is 91.5 Å². The number of hydrogen-bond acceptors (Lipinski definition) is 10. The van der Waals surface area contributed by atoms with E-state index in [0.717, 1.165) is 34.1 Å². The molecule has 1 amide bonds. The highest BCUT2D eigenvalue weighted by molar-refractivity contribution is 7.86. The van der Waals surface area contributed by atoms with E-state index in [9.17, 15) is 23.4 Å². The van der Waals surface area contributed by atoms with Crippen molar-refractivity contribution in [1.29, 1.82) is 0 Å². The van der Waals surface area contributed by atoms with Gasteiger partial charge in [0.15, 0.2) is 0 Å². The van der Waals surface area contributed by atoms with Crippen LogP contribution in [0.5, 0.6) is 11.5 Å². The molecule has 12 heteroatoms. The predicted molar refractivity (Wildman–Crippen MR) is 236 cm³/mol. The molecule has 4 rings (SSSR count). The van der Waals surface area contributed by atoms with E-state index in [4.69, 9.17) is 14.6 Å². The molecule has 0 radical (unpaired) electrons. The van der Waals surface area contributed by atoms with Crippen molar-refractivity contribution in [1.82, 2.24) is 10.2 Å². The van der Waals surface area contributed by atoms with E-state index < -0.39 is 27.9 Å². The highest BCUT2D eigenvalue weighted by Crippen LogP contribution is 2.34. The molecule has 1 saturated heterocycles. The maximum Gasteiger partial charge on any atom is 0.264 e. The van der Waals surface area contributed by atoms with Crippen molar-refractivity contribution in [3.05, 3.63) is 108 Å². The summed E-state index contributed by atoms with van der Waals surface area (Å²) in [6.45, 7) is 27.5. The number of allylic oxidation sites excluding steroid dienone is 1. The second kappa shape index (κ2) is 24.1. The largest absolute Gasteiger partial charge is 0.491 e. The fourth-order valence-electron chi connectivity index (χ4n) is 5.02. The smallest absolute Gasteiger partial charge is 0.264 e. The first-order valence-electron chi connectivity index (χ1n) is 19.6. The predicted octanol–water partition coefficient (Wildman–Crippen LogP) is 7.50. The first kappa shape index (κ1) is 52.0. The minimum Gasteiger partial charge on any atom is -0.491 e. The topological polar surface area (TPSA) is 155 Å². The summed E-state index contributed by atoms with van der Waals surface area (Å²) < 4.78 is 36.7. The summed E-state index contributed by atoms with van der Waals surface area (Å²) in [4.78, 5) is 13.0. The number of rotatable bonds is 13. The summed E-state index contributed by atoms with van der Waals surface area (Å²) >= 11 is 0. The Morgan fingerprint density at radius 3 is 1.52 bits per heavy atom. The molecule has 0 spiro atoms. The third-order valence-corrected chi connectivity index (χ3v) is 8.72. The van der Waals surface area contributed by atoms with Crippen LogP contribution >= 0.6 is 0 Å². The fourth-order valence-corrected chi connectivity index (χ4v) is 5.93. The third kappa shape index (κ3) is 23.4. The van der Waals surface area contributed by atoms with E-state index >= 15 is 0 Å². The number of aliphatic hydroxyl groups excluding tert-OH is 3. The Kier molecular flexibility index (Phi) is 21.6. The SMILES string of the molecule is C=CC(=O)NC(C)(C)C.CC(C)(C)N1CC1.CC(C)(C)OS(C)(=O)=O.CCC(O)COc1ccc(/C(=C(/C)c2ccccc2)c2ccc(OCC(O)CO)cc2)cc1. The lowest BCUT2D eigenvalue weighted by molar-refractivity contribution is -0.117. The van der Waals surface area contributed by atoms with Crippen molar-refractivity contribution >= 4 is 27.2 Å². The highest BCUT2D eigenvalue weighted by atomic mass is 32.2. The number of nitrogens with zero attached hydrogens (tertiary/aromatic N) is 1. The van der Waals surface area contributed by atoms with Crippen LogP contribution < -0.4 is 14.8 Å². The molecular formula is C46H70N2O9S. The quantitative estimate of drug-likeness (QED) is 0.0590. The van der Waals surface area contributed by atoms with E-state index in [0.29, 0.717) is 23.5 Å². The van der Waals surface area contributed by atoms with E-state index in [-0.39, 0.29) is 31.3 Å². The second-order valence-corrected chi connectivity index (χ2v) is 18.5. The van der Waals surface area contributed by atoms with Crippen LogP contribution in [-0.4, -0.2) is 103 Å². The van der Waals surface area contributed by atoms with E-state index in [1.54, 1.807) is 20.8 Å². The standard InChI is InChI=1S/C28H32O5.C7H13NO.C6H13N.C5H12O3S/c1-3-24(30)18-32-26-13-9-22(10-14-26)28(20(2)21-7-5-4-6-8-21)23-11-15-27(16-12-23)33-19-25(31)17-29;1-5-6(9)8-7(2,3)4;1-6(2,3)7-4-5-7;1-5(2,3)8-9(4,6)7/h4-16,24-25,29-31H,3,17-19H2,1-2H3;5H,1H2,2-4H3,(H,8,9);4-5H2,1-3H3;1-4H3/b28-20+;;;. The molecule has 0 aromatic heterocycles. The number of benzene rings is 3. The lowest BCUT2D eigenvalue weighted by Crippen LogP contribution is -2.39. The molecule has 11 nitrogen and oxygen atoms in total. The van der Waals surface area contributed by atoms with Crippen molar-refractivity contribution in [3.63, 3.8) is 0 Å². The van der Waals surface area contributed by atoms with Gasteiger partial charge in [0.25, 0.3) is 10.1 Å². The van der Waals surface area contributed by atoms with Gasteiger partial charge in [-0.15, -0.1) is 0 Å². The number of amides is 1. The summed E-state index contributed by atoms with van der Waals surface area (Å²) in [5, 5.41) is 30.9. The van der Waals surface area contributed by atoms with E-state index in [2.05, 4.69) is 60.8 Å². The van der Waals surface area contributed by atoms with Crippen LogP contribution in [0.3, 0.4) is 0 Å². The van der Waals surface area contributed by atoms with Crippen molar-refractivity contribution in [2.75, 3.05) is 39.2 Å². The van der Waals surface area contributed by atoms with E-state index in [1.807, 2.05) is 94.4 Å². The molecule has 58 heavy (non-hydrogen) atoms. The molecule has 1 aliphatic heterocycles. The molecule has 4 N–H and O–H groups in total. The number of nitrogens with one attached hydrogen (secondary N) is 1. The molecule has 3 aromatic carbocycles. The Hall–Kier alpha value is -4.04. The zero-order valence-electron chi connectivity index (χ0n) is 36.8. The lowest BCUT2D eigenvalue weighted by Gasteiger charge is -2.18. The minimum absolute atomic E-state index is 0.0375. The average molecular weight is 827 g/mol. The molecule has 2 unspecified atom stereocenters. The summed E-state index contributed by atoms with van der Waals surface area (Å²) in [5.41, 5.74) is 5.12. The molecule has 1 aliphatic rings. The monoisotopic (exact) mass is 826 g/mol. The molecule has 0 bridgehead atoms. The molecule has 1 fully saturated rings. The van der Waals surface area contributed by atoms with Gasteiger partial charge in [-0.3, -0.25) is 13.9 Å². The molecular weight excluding hydrogens is 757 g/mol. The van der Waals surface area contributed by atoms with Crippen molar-refractivity contribution in [2.24, 2.45) is 0 Å². The highest BCUT2D eigenvalue weighted by Gasteiger charge is 2.29. The number of aliphatic hydroxyl groups is 3. The molecule has 0 saturated carbocycles. The van der Waals surface area contributed by atoms with Crippen LogP contribution in [0, 0.1) is 0 Å². The normalized spacial score (nSPS) is 14.3. The van der Waals surface area contributed by atoms with Crippen LogP contribution in [0.1, 0.15) is 99.3 Å². The lowest BCUT2D eigenvalue weighted by atomic mass is 9.90. The maximum atomic E-state index is 10.6. The summed E-state index contributed by atoms with van der Waals surface area (Å²) in [6.07, 6.45) is 1.59. The van der Waals surface area contributed by atoms with Crippen molar-refractivity contribution in [2.45, 2.75) is 111 Å². The van der Waals surface area contributed by atoms with Gasteiger partial charge in [-0.2, -0.15) is 8.42 Å². The Balaban J connectivity index is 0.000000540. The van der Waals surface area contributed by atoms with Crippen LogP contribution in [0.4, 0.5) is 0 Å². The Labute approximate surface area is 348 Å². The molecule has 2 atom stereocenters. The van der Waals surface area contributed by atoms with Crippen molar-refractivity contribution < 1.29 is 42.2 Å². The average Bonchev–Trinajstić information content (AvgIpc) is 4.00. The van der Waals surface area contributed by atoms with Gasteiger partial charge >= 0.3 is 0 Å². The van der Waals surface area contributed by atoms with Crippen LogP contribution in [-0.2, 0) is 19.1 Å². The summed E-state index contributed by atoms with van der Waals surface area (Å²) in [5.74, 6) is 1.22. The molecule has 324 valence electrons.